The molecule has 4 N–H and O–H groups in total. The maximum atomic E-state index is 11.7. The molecule has 0 aromatic heterocycles. The molecule has 1 aromatic rings. The second-order valence-corrected chi connectivity index (χ2v) is 3.55. The third kappa shape index (κ3) is 3.54. The van der Waals surface area contributed by atoms with Gasteiger partial charge in [-0.25, -0.2) is 5.48 Å². The zero-order valence-electron chi connectivity index (χ0n) is 9.30. The van der Waals surface area contributed by atoms with Crippen LogP contribution in [-0.2, 0) is 4.79 Å². The standard InChI is InChI=1S/C11H14N2O4/c1-7-2-4-8(5-3-7)10(15)12-9(6-14)11(16)13-17/h2-5,9,14,17H,6H2,1H3,(H,12,15)(H,13,16)/t9-/m0/s1. The first-order valence-corrected chi connectivity index (χ1v) is 5.01. The van der Waals surface area contributed by atoms with Gasteiger partial charge in [0.05, 0.1) is 6.61 Å². The quantitative estimate of drug-likeness (QED) is 0.423. The molecule has 0 heterocycles. The summed E-state index contributed by atoms with van der Waals surface area (Å²) in [6, 6.07) is 5.56. The summed E-state index contributed by atoms with van der Waals surface area (Å²) in [6.45, 7) is 1.29. The van der Waals surface area contributed by atoms with E-state index in [4.69, 9.17) is 10.3 Å². The fraction of sp³-hybridized carbons (Fsp3) is 0.273. The molecule has 0 aliphatic heterocycles. The van der Waals surface area contributed by atoms with Crippen LogP contribution < -0.4 is 10.8 Å². The van der Waals surface area contributed by atoms with Gasteiger partial charge in [0.1, 0.15) is 6.04 Å². The van der Waals surface area contributed by atoms with Gasteiger partial charge in [-0.15, -0.1) is 0 Å². The number of hydrogen-bond donors (Lipinski definition) is 4. The molecule has 0 saturated heterocycles. The number of carbonyl (C=O) groups excluding carboxylic acids is 2. The van der Waals surface area contributed by atoms with Crippen LogP contribution in [0, 0.1) is 6.92 Å². The second-order valence-electron chi connectivity index (χ2n) is 3.55. The van der Waals surface area contributed by atoms with Crippen molar-refractivity contribution >= 4 is 11.8 Å². The number of aliphatic hydroxyl groups is 1. The van der Waals surface area contributed by atoms with Crippen molar-refractivity contribution in [3.8, 4) is 0 Å². The normalized spacial score (nSPS) is 11.7. The first kappa shape index (κ1) is 13.1. The molecule has 0 bridgehead atoms. The predicted octanol–water partition coefficient (Wildman–Crippen LogP) is -0.409. The Morgan fingerprint density at radius 1 is 1.29 bits per heavy atom. The van der Waals surface area contributed by atoms with E-state index in [9.17, 15) is 9.59 Å². The van der Waals surface area contributed by atoms with E-state index in [1.165, 1.54) is 5.48 Å². The van der Waals surface area contributed by atoms with Crippen LogP contribution in [0.15, 0.2) is 24.3 Å². The van der Waals surface area contributed by atoms with Crippen molar-refractivity contribution < 1.29 is 19.9 Å². The molecule has 0 radical (unpaired) electrons. The lowest BCUT2D eigenvalue weighted by Crippen LogP contribution is -2.48. The van der Waals surface area contributed by atoms with Gasteiger partial charge in [0.2, 0.25) is 0 Å². The lowest BCUT2D eigenvalue weighted by atomic mass is 10.1. The summed E-state index contributed by atoms with van der Waals surface area (Å²) in [5, 5.41) is 19.6. The van der Waals surface area contributed by atoms with Crippen LogP contribution in [0.1, 0.15) is 15.9 Å². The van der Waals surface area contributed by atoms with Crippen LogP contribution in [0.5, 0.6) is 0 Å². The van der Waals surface area contributed by atoms with E-state index in [1.54, 1.807) is 24.3 Å². The third-order valence-corrected chi connectivity index (χ3v) is 2.23. The largest absolute Gasteiger partial charge is 0.394 e. The number of benzene rings is 1. The Hall–Kier alpha value is -1.92. The van der Waals surface area contributed by atoms with E-state index >= 15 is 0 Å². The van der Waals surface area contributed by atoms with E-state index in [0.29, 0.717) is 5.56 Å². The minimum Gasteiger partial charge on any atom is -0.394 e. The van der Waals surface area contributed by atoms with Crippen molar-refractivity contribution in [1.82, 2.24) is 10.8 Å². The molecule has 6 nitrogen and oxygen atoms in total. The van der Waals surface area contributed by atoms with Crippen molar-refractivity contribution in [1.29, 1.82) is 0 Å². The van der Waals surface area contributed by atoms with Gasteiger partial charge in [-0.1, -0.05) is 17.7 Å². The number of carbonyl (C=O) groups is 2. The summed E-state index contributed by atoms with van der Waals surface area (Å²) in [5.41, 5.74) is 2.75. The maximum Gasteiger partial charge on any atom is 0.268 e. The predicted molar refractivity (Wildman–Crippen MR) is 59.4 cm³/mol. The van der Waals surface area contributed by atoms with Gasteiger partial charge >= 0.3 is 0 Å². The highest BCUT2D eigenvalue weighted by Gasteiger charge is 2.19. The minimum atomic E-state index is -1.17. The van der Waals surface area contributed by atoms with Crippen molar-refractivity contribution in [2.45, 2.75) is 13.0 Å². The first-order chi connectivity index (χ1) is 8.08. The zero-order valence-corrected chi connectivity index (χ0v) is 9.30. The summed E-state index contributed by atoms with van der Waals surface area (Å²) in [7, 11) is 0. The van der Waals surface area contributed by atoms with Crippen molar-refractivity contribution in [3.63, 3.8) is 0 Å². The molecule has 6 heteroatoms. The summed E-state index contributed by atoms with van der Waals surface area (Å²) < 4.78 is 0. The number of amides is 2. The molecule has 1 atom stereocenters. The average molecular weight is 238 g/mol. The van der Waals surface area contributed by atoms with Crippen LogP contribution in [0.4, 0.5) is 0 Å². The Bertz CT molecular complexity index is 402. The Labute approximate surface area is 98.2 Å². The summed E-state index contributed by atoms with van der Waals surface area (Å²) in [6.07, 6.45) is 0. The second kappa shape index (κ2) is 5.97. The van der Waals surface area contributed by atoms with Gasteiger partial charge < -0.3 is 10.4 Å². The highest BCUT2D eigenvalue weighted by molar-refractivity contribution is 5.97. The molecule has 0 spiro atoms. The molecule has 0 saturated carbocycles. The van der Waals surface area contributed by atoms with Crippen LogP contribution in [0.3, 0.4) is 0 Å². The summed E-state index contributed by atoms with van der Waals surface area (Å²) >= 11 is 0. The highest BCUT2D eigenvalue weighted by Crippen LogP contribution is 2.03. The van der Waals surface area contributed by atoms with Crippen LogP contribution >= 0.6 is 0 Å². The van der Waals surface area contributed by atoms with E-state index in [2.05, 4.69) is 5.32 Å². The molecule has 0 fully saturated rings. The fourth-order valence-electron chi connectivity index (χ4n) is 1.22. The molecule has 0 aliphatic carbocycles. The minimum absolute atomic E-state index is 0.375. The van der Waals surface area contributed by atoms with E-state index in [-0.39, 0.29) is 0 Å². The number of aryl methyl sites for hydroxylation is 1. The number of aliphatic hydroxyl groups excluding tert-OH is 1. The number of rotatable bonds is 4. The topological polar surface area (TPSA) is 98.7 Å². The fourth-order valence-corrected chi connectivity index (χ4v) is 1.22. The first-order valence-electron chi connectivity index (χ1n) is 5.01. The van der Waals surface area contributed by atoms with Crippen LogP contribution in [0.25, 0.3) is 0 Å². The molecular formula is C11H14N2O4. The molecule has 92 valence electrons. The Kier molecular flexibility index (Phi) is 4.62. The van der Waals surface area contributed by atoms with E-state index < -0.39 is 24.5 Å². The lowest BCUT2D eigenvalue weighted by molar-refractivity contribution is -0.132. The molecule has 0 unspecified atom stereocenters. The van der Waals surface area contributed by atoms with Gasteiger partial charge in [0.15, 0.2) is 0 Å². The van der Waals surface area contributed by atoms with Crippen molar-refractivity contribution in [2.75, 3.05) is 6.61 Å². The van der Waals surface area contributed by atoms with Crippen LogP contribution in [-0.4, -0.2) is 34.8 Å². The Morgan fingerprint density at radius 2 is 1.88 bits per heavy atom. The average Bonchev–Trinajstić information content (AvgIpc) is 2.35. The molecule has 17 heavy (non-hydrogen) atoms. The van der Waals surface area contributed by atoms with Gasteiger partial charge in [0.25, 0.3) is 11.8 Å². The molecular weight excluding hydrogens is 224 g/mol. The zero-order chi connectivity index (χ0) is 12.8. The smallest absolute Gasteiger partial charge is 0.268 e. The van der Waals surface area contributed by atoms with Gasteiger partial charge in [0, 0.05) is 5.56 Å². The maximum absolute atomic E-state index is 11.7. The van der Waals surface area contributed by atoms with Crippen LogP contribution in [0.2, 0.25) is 0 Å². The Balaban J connectivity index is 2.71. The molecule has 2 amide bonds. The number of hydrogen-bond acceptors (Lipinski definition) is 4. The molecule has 1 rings (SSSR count). The summed E-state index contributed by atoms with van der Waals surface area (Å²) in [4.78, 5) is 22.7. The SMILES string of the molecule is Cc1ccc(C(=O)N[C@@H](CO)C(=O)NO)cc1. The van der Waals surface area contributed by atoms with Gasteiger partial charge in [-0.3, -0.25) is 14.8 Å². The lowest BCUT2D eigenvalue weighted by Gasteiger charge is -2.13. The highest BCUT2D eigenvalue weighted by atomic mass is 16.5. The van der Waals surface area contributed by atoms with E-state index in [0.717, 1.165) is 5.56 Å². The van der Waals surface area contributed by atoms with E-state index in [1.807, 2.05) is 6.92 Å². The third-order valence-electron chi connectivity index (χ3n) is 2.23. The number of nitrogens with one attached hydrogen (secondary N) is 2. The van der Waals surface area contributed by atoms with Crippen molar-refractivity contribution in [3.05, 3.63) is 35.4 Å². The van der Waals surface area contributed by atoms with Gasteiger partial charge in [-0.2, -0.15) is 0 Å². The summed E-state index contributed by atoms with van der Waals surface area (Å²) in [5.74, 6) is -1.36. The monoisotopic (exact) mass is 238 g/mol. The molecule has 0 aliphatic rings. The Morgan fingerprint density at radius 3 is 2.35 bits per heavy atom. The van der Waals surface area contributed by atoms with Gasteiger partial charge in [-0.05, 0) is 19.1 Å². The van der Waals surface area contributed by atoms with Crippen molar-refractivity contribution in [2.24, 2.45) is 0 Å². The number of hydroxylamine groups is 1. The molecule has 1 aromatic carbocycles.